The Morgan fingerprint density at radius 3 is 2.87 bits per heavy atom. The number of aromatic nitrogens is 2. The Morgan fingerprint density at radius 2 is 2.13 bits per heavy atom. The van der Waals surface area contributed by atoms with Crippen LogP contribution >= 0.6 is 11.6 Å². The minimum atomic E-state index is -0.0369. The molecule has 7 nitrogen and oxygen atoms in total. The van der Waals surface area contributed by atoms with Crippen molar-refractivity contribution < 1.29 is 4.74 Å². The van der Waals surface area contributed by atoms with Gasteiger partial charge in [-0.05, 0) is 45.2 Å². The highest BCUT2D eigenvalue weighted by atomic mass is 35.5. The van der Waals surface area contributed by atoms with Gasteiger partial charge in [-0.15, -0.1) is 0 Å². The molecule has 0 bridgehead atoms. The first kappa shape index (κ1) is 19.8. The van der Waals surface area contributed by atoms with Gasteiger partial charge in [-0.3, -0.25) is 9.91 Å². The first-order valence-corrected chi connectivity index (χ1v) is 11.2. The van der Waals surface area contributed by atoms with Crippen LogP contribution in [0.25, 0.3) is 0 Å². The zero-order chi connectivity index (χ0) is 21.0. The molecule has 0 spiro atoms. The Labute approximate surface area is 182 Å². The third-order valence-corrected chi connectivity index (χ3v) is 7.32. The van der Waals surface area contributed by atoms with Crippen molar-refractivity contribution in [1.29, 1.82) is 0 Å². The molecule has 1 fully saturated rings. The Morgan fingerprint density at radius 1 is 1.33 bits per heavy atom. The van der Waals surface area contributed by atoms with Crippen LogP contribution in [-0.4, -0.2) is 34.1 Å². The van der Waals surface area contributed by atoms with Crippen LogP contribution in [0.5, 0.6) is 5.75 Å². The lowest BCUT2D eigenvalue weighted by Crippen LogP contribution is -2.40. The fourth-order valence-corrected chi connectivity index (χ4v) is 5.09. The smallest absolute Gasteiger partial charge is 0.153 e. The lowest BCUT2D eigenvalue weighted by molar-refractivity contribution is 0.111. The second kappa shape index (κ2) is 7.55. The van der Waals surface area contributed by atoms with Gasteiger partial charge in [-0.2, -0.15) is 0 Å². The minimum absolute atomic E-state index is 0.0369. The number of nitrogens with two attached hydrogens (primary N) is 1. The average Bonchev–Trinajstić information content (AvgIpc) is 2.88. The molecule has 3 aliphatic rings. The number of nitrogen functional groups attached to an aromatic ring is 1. The molecule has 1 aromatic heterocycles. The molecule has 2 unspecified atom stereocenters. The fraction of sp³-hybridized carbons (Fsp3) is 0.545. The predicted molar refractivity (Wildman–Crippen MR) is 119 cm³/mol. The number of halogens is 1. The number of hydrogen-bond acceptors (Lipinski definition) is 7. The van der Waals surface area contributed by atoms with Crippen molar-refractivity contribution in [1.82, 2.24) is 20.3 Å². The van der Waals surface area contributed by atoms with E-state index in [0.717, 1.165) is 46.4 Å². The van der Waals surface area contributed by atoms with E-state index in [1.165, 1.54) is 31.2 Å². The van der Waals surface area contributed by atoms with Crippen LogP contribution < -0.4 is 20.9 Å². The van der Waals surface area contributed by atoms with E-state index in [1.807, 2.05) is 6.07 Å². The van der Waals surface area contributed by atoms with Gasteiger partial charge in [-0.1, -0.05) is 18.0 Å². The van der Waals surface area contributed by atoms with Crippen molar-refractivity contribution >= 4 is 23.2 Å². The summed E-state index contributed by atoms with van der Waals surface area (Å²) in [5, 5.41) is 2.85. The van der Waals surface area contributed by atoms with Crippen LogP contribution in [0.1, 0.15) is 67.4 Å². The van der Waals surface area contributed by atoms with E-state index >= 15 is 0 Å². The summed E-state index contributed by atoms with van der Waals surface area (Å²) in [6.07, 6.45) is 5.41. The van der Waals surface area contributed by atoms with Crippen molar-refractivity contribution in [3.63, 3.8) is 0 Å². The molecule has 2 atom stereocenters. The van der Waals surface area contributed by atoms with Gasteiger partial charge in [0.2, 0.25) is 0 Å². The van der Waals surface area contributed by atoms with E-state index in [0.29, 0.717) is 18.5 Å². The Kier molecular flexibility index (Phi) is 5.00. The van der Waals surface area contributed by atoms with E-state index < -0.39 is 0 Å². The molecule has 2 aliphatic heterocycles. The summed E-state index contributed by atoms with van der Waals surface area (Å²) in [6, 6.07) is 2.73. The molecule has 1 aliphatic carbocycles. The van der Waals surface area contributed by atoms with Crippen LogP contribution in [0.15, 0.2) is 12.4 Å². The van der Waals surface area contributed by atoms with Crippen LogP contribution in [-0.2, 0) is 6.54 Å². The van der Waals surface area contributed by atoms with E-state index in [9.17, 15) is 0 Å². The highest BCUT2D eigenvalue weighted by Crippen LogP contribution is 2.44. The Bertz CT molecular complexity index is 979. The summed E-state index contributed by atoms with van der Waals surface area (Å²) in [5.74, 6) is 2.30. The number of nitrogens with one attached hydrogen (secondary N) is 1. The number of benzene rings is 1. The number of nitrogens with zero attached hydrogens (tertiary/aromatic N) is 4. The normalized spacial score (nSPS) is 22.7. The average molecular weight is 429 g/mol. The molecular formula is C22H29ClN6O. The molecule has 1 saturated carbocycles. The van der Waals surface area contributed by atoms with E-state index in [2.05, 4.69) is 46.1 Å². The summed E-state index contributed by atoms with van der Waals surface area (Å²) in [7, 11) is 0. The lowest BCUT2D eigenvalue weighted by atomic mass is 9.90. The SMILES string of the molecule is Cc1c(Cl)cc(C(C)N2NC(C)c3c(N)ncnc32)c2c1CN(C1CCC1)CCO2. The molecule has 3 N–H and O–H groups in total. The number of fused-ring (bicyclic) bond motifs is 2. The fourth-order valence-electron chi connectivity index (χ4n) is 4.86. The number of ether oxygens (including phenoxy) is 1. The zero-order valence-corrected chi connectivity index (χ0v) is 18.5. The molecule has 5 rings (SSSR count). The second-order valence-corrected chi connectivity index (χ2v) is 9.08. The largest absolute Gasteiger partial charge is 0.492 e. The van der Waals surface area contributed by atoms with Crippen molar-refractivity contribution in [2.45, 2.75) is 64.7 Å². The molecule has 160 valence electrons. The summed E-state index contributed by atoms with van der Waals surface area (Å²) >= 11 is 6.73. The molecule has 30 heavy (non-hydrogen) atoms. The standard InChI is InChI=1S/C22H29ClN6O/c1-12-17-10-28(15-5-4-6-15)7-8-30-20(17)16(9-18(12)23)14(3)29-22-19(13(2)27-29)21(24)25-11-26-22/h9,11,13-15,27H,4-8,10H2,1-3H3,(H2,24,25,26). The van der Waals surface area contributed by atoms with Crippen molar-refractivity contribution in [2.75, 3.05) is 23.9 Å². The minimum Gasteiger partial charge on any atom is -0.492 e. The van der Waals surface area contributed by atoms with E-state index in [-0.39, 0.29) is 12.1 Å². The summed E-state index contributed by atoms with van der Waals surface area (Å²) < 4.78 is 6.37. The van der Waals surface area contributed by atoms with Crippen LogP contribution in [0, 0.1) is 6.92 Å². The second-order valence-electron chi connectivity index (χ2n) is 8.68. The molecule has 0 radical (unpaired) electrons. The lowest BCUT2D eigenvalue weighted by Gasteiger charge is -2.36. The topological polar surface area (TPSA) is 79.5 Å². The van der Waals surface area contributed by atoms with E-state index in [1.54, 1.807) is 0 Å². The quantitative estimate of drug-likeness (QED) is 0.766. The first-order valence-electron chi connectivity index (χ1n) is 10.8. The Balaban J connectivity index is 1.54. The number of hydrazine groups is 1. The maximum absolute atomic E-state index is 6.73. The van der Waals surface area contributed by atoms with Crippen LogP contribution in [0.2, 0.25) is 5.02 Å². The predicted octanol–water partition coefficient (Wildman–Crippen LogP) is 3.91. The summed E-state index contributed by atoms with van der Waals surface area (Å²) in [6.45, 7) is 8.85. The molecule has 0 amide bonds. The number of hydrogen-bond donors (Lipinski definition) is 2. The van der Waals surface area contributed by atoms with Crippen molar-refractivity contribution in [3.8, 4) is 5.75 Å². The van der Waals surface area contributed by atoms with Gasteiger partial charge in [0, 0.05) is 35.3 Å². The molecule has 8 heteroatoms. The van der Waals surface area contributed by atoms with Crippen molar-refractivity contribution in [2.24, 2.45) is 0 Å². The monoisotopic (exact) mass is 428 g/mol. The summed E-state index contributed by atoms with van der Waals surface area (Å²) in [4.78, 5) is 11.2. The van der Waals surface area contributed by atoms with Gasteiger partial charge in [0.05, 0.1) is 17.6 Å². The maximum atomic E-state index is 6.73. The molecule has 3 heterocycles. The molecular weight excluding hydrogens is 400 g/mol. The van der Waals surface area contributed by atoms with Crippen LogP contribution in [0.3, 0.4) is 0 Å². The zero-order valence-electron chi connectivity index (χ0n) is 17.8. The highest BCUT2D eigenvalue weighted by Gasteiger charge is 2.36. The van der Waals surface area contributed by atoms with Gasteiger partial charge < -0.3 is 10.5 Å². The van der Waals surface area contributed by atoms with E-state index in [4.69, 9.17) is 22.1 Å². The Hall–Kier alpha value is -2.09. The van der Waals surface area contributed by atoms with Gasteiger partial charge in [-0.25, -0.2) is 15.4 Å². The number of anilines is 2. The third kappa shape index (κ3) is 3.11. The van der Waals surface area contributed by atoms with Gasteiger partial charge >= 0.3 is 0 Å². The molecule has 0 saturated heterocycles. The molecule has 2 aromatic rings. The third-order valence-electron chi connectivity index (χ3n) is 6.93. The van der Waals surface area contributed by atoms with Gasteiger partial charge in [0.25, 0.3) is 0 Å². The molecule has 1 aromatic carbocycles. The highest BCUT2D eigenvalue weighted by molar-refractivity contribution is 6.31. The first-order chi connectivity index (χ1) is 14.5. The maximum Gasteiger partial charge on any atom is 0.153 e. The number of rotatable bonds is 3. The van der Waals surface area contributed by atoms with Crippen molar-refractivity contribution in [3.05, 3.63) is 39.7 Å². The summed E-state index contributed by atoms with van der Waals surface area (Å²) in [5.41, 5.74) is 14.0. The van der Waals surface area contributed by atoms with Crippen LogP contribution in [0.4, 0.5) is 11.6 Å². The van der Waals surface area contributed by atoms with Gasteiger partial charge in [0.1, 0.15) is 24.5 Å². The van der Waals surface area contributed by atoms with Gasteiger partial charge in [0.15, 0.2) is 5.82 Å².